The summed E-state index contributed by atoms with van der Waals surface area (Å²) in [6, 6.07) is 3.29. The summed E-state index contributed by atoms with van der Waals surface area (Å²) in [5.74, 6) is -1.09. The van der Waals surface area contributed by atoms with Gasteiger partial charge in [0.1, 0.15) is 6.26 Å². The molecule has 1 unspecified atom stereocenters. The monoisotopic (exact) mass is 206 g/mol. The molecule has 2 rings (SSSR count). The van der Waals surface area contributed by atoms with Crippen LogP contribution in [0.15, 0.2) is 30.8 Å². The molecule has 1 aromatic rings. The minimum atomic E-state index is -1.51. The van der Waals surface area contributed by atoms with Crippen LogP contribution in [0.5, 0.6) is 0 Å². The minimum Gasteiger partial charge on any atom is -0.477 e. The van der Waals surface area contributed by atoms with Crippen LogP contribution in [-0.2, 0) is 15.3 Å². The highest BCUT2D eigenvalue weighted by molar-refractivity contribution is 5.79. The number of carbonyl (C=O) groups is 1. The summed E-state index contributed by atoms with van der Waals surface area (Å²) in [7, 11) is 0. The molecular weight excluding hydrogens is 196 g/mol. The van der Waals surface area contributed by atoms with Crippen LogP contribution >= 0.6 is 0 Å². The van der Waals surface area contributed by atoms with E-state index in [9.17, 15) is 4.79 Å². The van der Waals surface area contributed by atoms with Crippen LogP contribution in [0.3, 0.4) is 0 Å². The number of hydrogen-bond acceptors (Lipinski definition) is 4. The number of carboxylic acids is 1. The number of aryl methyl sites for hydroxylation is 1. The number of nitrogens with zero attached hydrogens (tertiary/aromatic N) is 1. The van der Waals surface area contributed by atoms with Crippen LogP contribution < -0.4 is 5.32 Å². The SMILES string of the molecule is Cc1cc(C2(C(=O)O)NC=CO2)ccn1. The number of aromatic nitrogens is 1. The van der Waals surface area contributed by atoms with E-state index >= 15 is 0 Å². The summed E-state index contributed by atoms with van der Waals surface area (Å²) in [5.41, 5.74) is -0.244. The first-order valence-electron chi connectivity index (χ1n) is 4.42. The molecule has 0 aliphatic carbocycles. The van der Waals surface area contributed by atoms with E-state index in [0.717, 1.165) is 5.69 Å². The number of rotatable bonds is 2. The Morgan fingerprint density at radius 2 is 2.47 bits per heavy atom. The van der Waals surface area contributed by atoms with Crippen LogP contribution in [0.1, 0.15) is 11.3 Å². The van der Waals surface area contributed by atoms with E-state index in [0.29, 0.717) is 5.56 Å². The van der Waals surface area contributed by atoms with Gasteiger partial charge in [0.25, 0.3) is 0 Å². The Morgan fingerprint density at radius 1 is 1.67 bits per heavy atom. The topological polar surface area (TPSA) is 71.5 Å². The van der Waals surface area contributed by atoms with Crippen molar-refractivity contribution in [3.05, 3.63) is 42.0 Å². The fourth-order valence-corrected chi connectivity index (χ4v) is 1.47. The van der Waals surface area contributed by atoms with Crippen LogP contribution in [0.25, 0.3) is 0 Å². The highest BCUT2D eigenvalue weighted by Crippen LogP contribution is 2.27. The van der Waals surface area contributed by atoms with Gasteiger partial charge in [-0.2, -0.15) is 0 Å². The first kappa shape index (κ1) is 9.51. The largest absolute Gasteiger partial charge is 0.477 e. The van der Waals surface area contributed by atoms with Crippen molar-refractivity contribution in [3.63, 3.8) is 0 Å². The van der Waals surface area contributed by atoms with Crippen LogP contribution in [-0.4, -0.2) is 16.1 Å². The predicted octanol–water partition coefficient (Wildman–Crippen LogP) is 0.718. The standard InChI is InChI=1S/C10H10N2O3/c1-7-6-8(2-3-11-7)10(9(13)14)12-4-5-15-10/h2-6,12H,1H3,(H,13,14). The molecule has 0 saturated carbocycles. The van der Waals surface area contributed by atoms with Gasteiger partial charge >= 0.3 is 11.7 Å². The molecule has 0 aromatic carbocycles. The predicted molar refractivity (Wildman–Crippen MR) is 51.6 cm³/mol. The Kier molecular flexibility index (Phi) is 2.07. The number of pyridine rings is 1. The average molecular weight is 206 g/mol. The highest BCUT2D eigenvalue weighted by atomic mass is 16.5. The molecule has 1 aromatic heterocycles. The fourth-order valence-electron chi connectivity index (χ4n) is 1.47. The summed E-state index contributed by atoms with van der Waals surface area (Å²) in [4.78, 5) is 15.2. The molecule has 0 bridgehead atoms. The normalized spacial score (nSPS) is 23.3. The maximum Gasteiger partial charge on any atom is 0.375 e. The first-order chi connectivity index (χ1) is 7.15. The van der Waals surface area contributed by atoms with Crippen molar-refractivity contribution in [3.8, 4) is 0 Å². The fraction of sp³-hybridized carbons (Fsp3) is 0.200. The second-order valence-corrected chi connectivity index (χ2v) is 3.24. The first-order valence-corrected chi connectivity index (χ1v) is 4.42. The Labute approximate surface area is 86.4 Å². The number of carboxylic acid groups (broad SMARTS) is 1. The molecule has 0 saturated heterocycles. The molecule has 0 radical (unpaired) electrons. The van der Waals surface area contributed by atoms with Crippen molar-refractivity contribution in [1.82, 2.24) is 10.3 Å². The number of ether oxygens (including phenoxy) is 1. The molecule has 1 aliphatic heterocycles. The van der Waals surface area contributed by atoms with Crippen molar-refractivity contribution >= 4 is 5.97 Å². The van der Waals surface area contributed by atoms with E-state index in [-0.39, 0.29) is 0 Å². The van der Waals surface area contributed by atoms with Gasteiger partial charge < -0.3 is 15.2 Å². The molecule has 0 amide bonds. The number of aliphatic carboxylic acids is 1. The van der Waals surface area contributed by atoms with Crippen LogP contribution in [0, 0.1) is 6.92 Å². The molecule has 0 spiro atoms. The zero-order valence-corrected chi connectivity index (χ0v) is 8.10. The molecule has 2 heterocycles. The lowest BCUT2D eigenvalue weighted by molar-refractivity contribution is -0.160. The Morgan fingerprint density at radius 3 is 3.00 bits per heavy atom. The second-order valence-electron chi connectivity index (χ2n) is 3.24. The molecule has 0 fully saturated rings. The van der Waals surface area contributed by atoms with Gasteiger partial charge in [-0.05, 0) is 19.1 Å². The third kappa shape index (κ3) is 1.41. The van der Waals surface area contributed by atoms with E-state index in [1.807, 2.05) is 0 Å². The molecule has 2 N–H and O–H groups in total. The van der Waals surface area contributed by atoms with Gasteiger partial charge in [-0.15, -0.1) is 0 Å². The van der Waals surface area contributed by atoms with Crippen molar-refractivity contribution in [1.29, 1.82) is 0 Å². The Hall–Kier alpha value is -2.04. The van der Waals surface area contributed by atoms with Gasteiger partial charge in [0.05, 0.1) is 0 Å². The lowest BCUT2D eigenvalue weighted by Gasteiger charge is -2.24. The summed E-state index contributed by atoms with van der Waals surface area (Å²) in [5, 5.41) is 11.8. The van der Waals surface area contributed by atoms with Crippen LogP contribution in [0.4, 0.5) is 0 Å². The Balaban J connectivity index is 2.46. The lowest BCUT2D eigenvalue weighted by atomic mass is 10.0. The van der Waals surface area contributed by atoms with E-state index in [1.54, 1.807) is 25.3 Å². The van der Waals surface area contributed by atoms with E-state index in [1.165, 1.54) is 12.5 Å². The summed E-state index contributed by atoms with van der Waals surface area (Å²) < 4.78 is 5.12. The molecule has 1 atom stereocenters. The van der Waals surface area contributed by atoms with Gasteiger partial charge in [0, 0.05) is 23.7 Å². The van der Waals surface area contributed by atoms with E-state index < -0.39 is 11.7 Å². The zero-order valence-electron chi connectivity index (χ0n) is 8.10. The quantitative estimate of drug-likeness (QED) is 0.746. The van der Waals surface area contributed by atoms with Crippen molar-refractivity contribution < 1.29 is 14.6 Å². The van der Waals surface area contributed by atoms with Crippen molar-refractivity contribution in [2.24, 2.45) is 0 Å². The smallest absolute Gasteiger partial charge is 0.375 e. The molecule has 78 valence electrons. The Bertz CT molecular complexity index is 420. The summed E-state index contributed by atoms with van der Waals surface area (Å²) in [6.07, 6.45) is 4.34. The molecule has 1 aliphatic rings. The van der Waals surface area contributed by atoms with Gasteiger partial charge in [-0.1, -0.05) is 0 Å². The zero-order chi connectivity index (χ0) is 10.9. The van der Waals surface area contributed by atoms with Gasteiger partial charge in [-0.25, -0.2) is 4.79 Å². The van der Waals surface area contributed by atoms with Crippen molar-refractivity contribution in [2.75, 3.05) is 0 Å². The number of nitrogens with one attached hydrogen (secondary N) is 1. The van der Waals surface area contributed by atoms with Crippen molar-refractivity contribution in [2.45, 2.75) is 12.6 Å². The van der Waals surface area contributed by atoms with Gasteiger partial charge in [0.2, 0.25) is 0 Å². The van der Waals surface area contributed by atoms with E-state index in [2.05, 4.69) is 10.3 Å². The molecule has 5 nitrogen and oxygen atoms in total. The van der Waals surface area contributed by atoms with Gasteiger partial charge in [0.15, 0.2) is 0 Å². The average Bonchev–Trinajstić information content (AvgIpc) is 2.67. The second kappa shape index (κ2) is 3.27. The summed E-state index contributed by atoms with van der Waals surface area (Å²) >= 11 is 0. The molecular formula is C10H10N2O3. The maximum absolute atomic E-state index is 11.2. The molecule has 15 heavy (non-hydrogen) atoms. The minimum absolute atomic E-state index is 0.521. The van der Waals surface area contributed by atoms with E-state index in [4.69, 9.17) is 9.84 Å². The lowest BCUT2D eigenvalue weighted by Crippen LogP contribution is -2.45. The van der Waals surface area contributed by atoms with Crippen LogP contribution in [0.2, 0.25) is 0 Å². The maximum atomic E-state index is 11.2. The third-order valence-electron chi connectivity index (χ3n) is 2.20. The van der Waals surface area contributed by atoms with Gasteiger partial charge in [-0.3, -0.25) is 4.98 Å². The number of hydrogen-bond donors (Lipinski definition) is 2. The third-order valence-corrected chi connectivity index (χ3v) is 2.20. The summed E-state index contributed by atoms with van der Waals surface area (Å²) in [6.45, 7) is 1.79. The highest BCUT2D eigenvalue weighted by Gasteiger charge is 2.44. The molecule has 5 heteroatoms.